The number of rotatable bonds is 5. The van der Waals surface area contributed by atoms with Crippen molar-refractivity contribution in [2.45, 2.75) is 55.7 Å². The zero-order valence-corrected chi connectivity index (χ0v) is 16.4. The fourth-order valence-corrected chi connectivity index (χ4v) is 4.80. The number of carbonyl (C=O) groups is 1. The number of benzene rings is 1. The number of ether oxygens (including phenoxy) is 1. The van der Waals surface area contributed by atoms with Crippen LogP contribution in [0.4, 0.5) is 0 Å². The number of likely N-dealkylation sites (tertiary alicyclic amines) is 1. The maximum atomic E-state index is 13.1. The van der Waals surface area contributed by atoms with E-state index in [1.54, 1.807) is 4.57 Å². The van der Waals surface area contributed by atoms with E-state index < -0.39 is 0 Å². The van der Waals surface area contributed by atoms with Crippen LogP contribution in [-0.4, -0.2) is 51.4 Å². The van der Waals surface area contributed by atoms with Crippen LogP contribution >= 0.6 is 11.8 Å². The second-order valence-corrected chi connectivity index (χ2v) is 8.56. The minimum absolute atomic E-state index is 0.0367. The highest BCUT2D eigenvalue weighted by molar-refractivity contribution is 8.00. The van der Waals surface area contributed by atoms with Crippen molar-refractivity contribution in [3.05, 3.63) is 34.6 Å². The molecule has 6 nitrogen and oxygen atoms in total. The van der Waals surface area contributed by atoms with E-state index in [1.165, 1.54) is 11.8 Å². The molecule has 3 heterocycles. The summed E-state index contributed by atoms with van der Waals surface area (Å²) in [5.74, 6) is 0.128. The zero-order chi connectivity index (χ0) is 18.8. The highest BCUT2D eigenvalue weighted by Crippen LogP contribution is 2.26. The van der Waals surface area contributed by atoms with Crippen molar-refractivity contribution in [1.29, 1.82) is 0 Å². The average Bonchev–Trinajstić information content (AvgIpc) is 3.38. The Kier molecular flexibility index (Phi) is 5.50. The lowest BCUT2D eigenvalue weighted by atomic mass is 10.2. The van der Waals surface area contributed by atoms with E-state index in [0.717, 1.165) is 45.4 Å². The molecule has 2 saturated heterocycles. The van der Waals surface area contributed by atoms with Crippen LogP contribution in [0.25, 0.3) is 10.9 Å². The van der Waals surface area contributed by atoms with Crippen molar-refractivity contribution in [1.82, 2.24) is 14.5 Å². The quantitative estimate of drug-likeness (QED) is 0.583. The van der Waals surface area contributed by atoms with Gasteiger partial charge in [-0.15, -0.1) is 0 Å². The molecule has 0 unspecified atom stereocenters. The Balaban J connectivity index is 1.66. The Morgan fingerprint density at radius 1 is 1.30 bits per heavy atom. The normalized spacial score (nSPS) is 21.1. The van der Waals surface area contributed by atoms with Gasteiger partial charge in [0.15, 0.2) is 5.16 Å². The minimum Gasteiger partial charge on any atom is -0.376 e. The molecule has 0 saturated carbocycles. The third kappa shape index (κ3) is 3.89. The van der Waals surface area contributed by atoms with Gasteiger partial charge in [-0.1, -0.05) is 23.9 Å². The number of fused-ring (bicyclic) bond motifs is 1. The highest BCUT2D eigenvalue weighted by Gasteiger charge is 2.27. The van der Waals surface area contributed by atoms with E-state index in [2.05, 4.69) is 0 Å². The molecule has 7 heteroatoms. The van der Waals surface area contributed by atoms with Crippen LogP contribution in [0, 0.1) is 0 Å². The molecule has 1 aromatic heterocycles. The number of aromatic nitrogens is 2. The number of thioether (sulfide) groups is 1. The largest absolute Gasteiger partial charge is 0.376 e. The Bertz CT molecular complexity index is 886. The van der Waals surface area contributed by atoms with E-state index in [0.29, 0.717) is 22.6 Å². The summed E-state index contributed by atoms with van der Waals surface area (Å²) in [7, 11) is 0. The molecule has 1 aromatic carbocycles. The lowest BCUT2D eigenvalue weighted by Crippen LogP contribution is -2.35. The van der Waals surface area contributed by atoms with Crippen LogP contribution in [0.5, 0.6) is 0 Å². The van der Waals surface area contributed by atoms with Crippen LogP contribution in [0.2, 0.25) is 0 Å². The monoisotopic (exact) mass is 387 g/mol. The molecule has 0 bridgehead atoms. The van der Waals surface area contributed by atoms with Crippen LogP contribution in [0.3, 0.4) is 0 Å². The highest BCUT2D eigenvalue weighted by atomic mass is 32.2. The standard InChI is InChI=1S/C20H25N3O3S/c1-14(18(24)22-10-4-5-11-22)27-20-21-17-9-3-2-8-16(17)19(25)23(20)13-15-7-6-12-26-15/h2-3,8-9,14-15H,4-7,10-13H2,1H3/t14-,15-/m0/s1. The summed E-state index contributed by atoms with van der Waals surface area (Å²) in [6, 6.07) is 7.40. The van der Waals surface area contributed by atoms with Crippen LogP contribution in [0.1, 0.15) is 32.6 Å². The molecule has 0 N–H and O–H groups in total. The first kappa shape index (κ1) is 18.5. The van der Waals surface area contributed by atoms with E-state index in [9.17, 15) is 9.59 Å². The van der Waals surface area contributed by atoms with Gasteiger partial charge in [-0.3, -0.25) is 14.2 Å². The van der Waals surface area contributed by atoms with Gasteiger partial charge in [0.05, 0.1) is 28.8 Å². The number of hydrogen-bond donors (Lipinski definition) is 0. The fourth-order valence-electron chi connectivity index (χ4n) is 3.79. The molecule has 2 aliphatic heterocycles. The molecule has 2 fully saturated rings. The summed E-state index contributed by atoms with van der Waals surface area (Å²) in [5, 5.41) is 0.944. The SMILES string of the molecule is C[C@H](Sc1nc2ccccc2c(=O)n1C[C@@H]1CCCO1)C(=O)N1CCCC1. The van der Waals surface area contributed by atoms with E-state index in [4.69, 9.17) is 9.72 Å². The van der Waals surface area contributed by atoms with Crippen LogP contribution < -0.4 is 5.56 Å². The fraction of sp³-hybridized carbons (Fsp3) is 0.550. The molecular formula is C20H25N3O3S. The topological polar surface area (TPSA) is 64.4 Å². The number of nitrogens with zero attached hydrogens (tertiary/aromatic N) is 3. The summed E-state index contributed by atoms with van der Waals surface area (Å²) in [6.45, 7) is 4.80. The number of hydrogen-bond acceptors (Lipinski definition) is 5. The Labute approximate surface area is 162 Å². The maximum Gasteiger partial charge on any atom is 0.262 e. The average molecular weight is 388 g/mol. The van der Waals surface area contributed by atoms with Gasteiger partial charge in [-0.05, 0) is 44.7 Å². The molecule has 2 atom stereocenters. The lowest BCUT2D eigenvalue weighted by Gasteiger charge is -2.21. The van der Waals surface area contributed by atoms with Crippen molar-refractivity contribution in [3.8, 4) is 0 Å². The summed E-state index contributed by atoms with van der Waals surface area (Å²) in [4.78, 5) is 32.5. The third-order valence-corrected chi connectivity index (χ3v) is 6.36. The summed E-state index contributed by atoms with van der Waals surface area (Å²) < 4.78 is 7.45. The van der Waals surface area contributed by atoms with Crippen LogP contribution in [0.15, 0.2) is 34.2 Å². The Hall–Kier alpha value is -1.86. The van der Waals surface area contributed by atoms with Gasteiger partial charge < -0.3 is 9.64 Å². The molecule has 0 aliphatic carbocycles. The molecule has 2 aromatic rings. The second kappa shape index (κ2) is 8.02. The maximum absolute atomic E-state index is 13.1. The van der Waals surface area contributed by atoms with Gasteiger partial charge >= 0.3 is 0 Å². The number of para-hydroxylation sites is 1. The van der Waals surface area contributed by atoms with Crippen molar-refractivity contribution in [2.75, 3.05) is 19.7 Å². The van der Waals surface area contributed by atoms with E-state index in [-0.39, 0.29) is 22.8 Å². The zero-order valence-electron chi connectivity index (χ0n) is 15.6. The molecular weight excluding hydrogens is 362 g/mol. The van der Waals surface area contributed by atoms with Gasteiger partial charge in [-0.25, -0.2) is 4.98 Å². The first-order valence-corrected chi connectivity index (χ1v) is 10.6. The summed E-state index contributed by atoms with van der Waals surface area (Å²) in [6.07, 6.45) is 4.15. The van der Waals surface area contributed by atoms with Gasteiger partial charge in [0.2, 0.25) is 5.91 Å². The molecule has 27 heavy (non-hydrogen) atoms. The minimum atomic E-state index is -0.271. The van der Waals surface area contributed by atoms with Crippen molar-refractivity contribution in [3.63, 3.8) is 0 Å². The molecule has 4 rings (SSSR count). The van der Waals surface area contributed by atoms with Crippen molar-refractivity contribution >= 4 is 28.6 Å². The van der Waals surface area contributed by atoms with Gasteiger partial charge in [0.25, 0.3) is 5.56 Å². The molecule has 0 spiro atoms. The second-order valence-electron chi connectivity index (χ2n) is 7.25. The Morgan fingerprint density at radius 3 is 2.81 bits per heavy atom. The Morgan fingerprint density at radius 2 is 2.07 bits per heavy atom. The van der Waals surface area contributed by atoms with Gasteiger partial charge in [-0.2, -0.15) is 0 Å². The summed E-state index contributed by atoms with van der Waals surface area (Å²) in [5.41, 5.74) is 0.619. The first-order chi connectivity index (χ1) is 13.1. The number of amides is 1. The predicted molar refractivity (Wildman–Crippen MR) is 106 cm³/mol. The predicted octanol–water partition coefficient (Wildman–Crippen LogP) is 2.68. The smallest absolute Gasteiger partial charge is 0.262 e. The molecule has 144 valence electrons. The van der Waals surface area contributed by atoms with Crippen molar-refractivity contribution < 1.29 is 9.53 Å². The first-order valence-electron chi connectivity index (χ1n) is 9.70. The van der Waals surface area contributed by atoms with Gasteiger partial charge in [0, 0.05) is 19.7 Å². The third-order valence-electron chi connectivity index (χ3n) is 5.28. The lowest BCUT2D eigenvalue weighted by molar-refractivity contribution is -0.129. The van der Waals surface area contributed by atoms with Crippen LogP contribution in [-0.2, 0) is 16.1 Å². The van der Waals surface area contributed by atoms with Crippen molar-refractivity contribution in [2.24, 2.45) is 0 Å². The number of carbonyl (C=O) groups excluding carboxylic acids is 1. The van der Waals surface area contributed by atoms with E-state index >= 15 is 0 Å². The molecule has 1 amide bonds. The van der Waals surface area contributed by atoms with Gasteiger partial charge in [0.1, 0.15) is 0 Å². The molecule has 0 radical (unpaired) electrons. The van der Waals surface area contributed by atoms with E-state index in [1.807, 2.05) is 36.1 Å². The summed E-state index contributed by atoms with van der Waals surface area (Å²) >= 11 is 1.38. The molecule has 2 aliphatic rings.